The van der Waals surface area contributed by atoms with E-state index in [0.717, 1.165) is 0 Å². The number of ether oxygens (including phenoxy) is 1. The lowest BCUT2D eigenvalue weighted by molar-refractivity contribution is -0.137. The van der Waals surface area contributed by atoms with Crippen LogP contribution < -0.4 is 5.32 Å². The van der Waals surface area contributed by atoms with Gasteiger partial charge in [-0.2, -0.15) is 5.10 Å². The number of hydrogen-bond acceptors (Lipinski definition) is 4. The molecule has 1 rings (SSSR count). The van der Waals surface area contributed by atoms with Gasteiger partial charge in [0.05, 0.1) is 0 Å². The minimum Gasteiger partial charge on any atom is -0.480 e. The molecule has 0 saturated carbocycles. The Bertz CT molecular complexity index is 459. The number of carbonyl (C=O) groups excluding carboxylic acids is 1. The van der Waals surface area contributed by atoms with Gasteiger partial charge in [-0.3, -0.25) is 14.8 Å². The molecule has 0 aromatic carbocycles. The van der Waals surface area contributed by atoms with Gasteiger partial charge in [-0.25, -0.2) is 4.79 Å². The van der Waals surface area contributed by atoms with Gasteiger partial charge in [0, 0.05) is 11.8 Å². The number of aromatic nitrogens is 2. The predicted molar refractivity (Wildman–Crippen MR) is 64.5 cm³/mol. The molecule has 0 atom stereocenters. The van der Waals surface area contributed by atoms with Crippen LogP contribution in [0.3, 0.4) is 0 Å². The highest BCUT2D eigenvalue weighted by molar-refractivity contribution is 5.84. The maximum Gasteiger partial charge on any atom is 0.413 e. The highest BCUT2D eigenvalue weighted by Gasteiger charge is 2.18. The van der Waals surface area contributed by atoms with Crippen molar-refractivity contribution in [2.24, 2.45) is 0 Å². The summed E-state index contributed by atoms with van der Waals surface area (Å²) in [4.78, 5) is 22.0. The van der Waals surface area contributed by atoms with Gasteiger partial charge in [-0.05, 0) is 27.7 Å². The molecule has 18 heavy (non-hydrogen) atoms. The second-order valence-electron chi connectivity index (χ2n) is 4.88. The lowest BCUT2D eigenvalue weighted by atomic mass is 10.2. The Morgan fingerprint density at radius 3 is 2.61 bits per heavy atom. The fourth-order valence-corrected chi connectivity index (χ4v) is 1.26. The van der Waals surface area contributed by atoms with E-state index >= 15 is 0 Å². The molecule has 2 N–H and O–H groups in total. The summed E-state index contributed by atoms with van der Waals surface area (Å²) in [5.74, 6) is -0.702. The molecule has 100 valence electrons. The summed E-state index contributed by atoms with van der Waals surface area (Å²) >= 11 is 0. The Labute approximate surface area is 105 Å². The van der Waals surface area contributed by atoms with Crippen molar-refractivity contribution >= 4 is 17.9 Å². The average Bonchev–Trinajstić information content (AvgIpc) is 2.41. The Hall–Kier alpha value is -2.05. The van der Waals surface area contributed by atoms with Crippen molar-refractivity contribution in [1.82, 2.24) is 9.78 Å². The molecular weight excluding hydrogens is 238 g/mol. The number of nitrogens with one attached hydrogen (secondary N) is 1. The molecule has 1 aromatic heterocycles. The molecule has 0 bridgehead atoms. The Balaban J connectivity index is 2.70. The van der Waals surface area contributed by atoms with Crippen molar-refractivity contribution in [3.8, 4) is 0 Å². The summed E-state index contributed by atoms with van der Waals surface area (Å²) in [6.07, 6.45) is 0.923. The monoisotopic (exact) mass is 255 g/mol. The number of carboxylic acid groups (broad SMARTS) is 1. The van der Waals surface area contributed by atoms with Crippen molar-refractivity contribution in [2.75, 3.05) is 5.32 Å². The van der Waals surface area contributed by atoms with E-state index in [9.17, 15) is 9.59 Å². The number of carbonyl (C=O) groups is 2. The highest BCUT2D eigenvalue weighted by atomic mass is 16.6. The minimum atomic E-state index is -0.999. The topological polar surface area (TPSA) is 93.5 Å². The van der Waals surface area contributed by atoms with E-state index in [2.05, 4.69) is 10.4 Å². The van der Waals surface area contributed by atoms with Crippen LogP contribution in [0, 0.1) is 6.92 Å². The number of amides is 1. The smallest absolute Gasteiger partial charge is 0.413 e. The molecule has 0 aliphatic rings. The van der Waals surface area contributed by atoms with E-state index in [1.807, 2.05) is 0 Å². The zero-order chi connectivity index (χ0) is 13.9. The maximum absolute atomic E-state index is 11.5. The largest absolute Gasteiger partial charge is 0.480 e. The second-order valence-corrected chi connectivity index (χ2v) is 4.88. The van der Waals surface area contributed by atoms with Gasteiger partial charge in [0.1, 0.15) is 12.1 Å². The van der Waals surface area contributed by atoms with Crippen LogP contribution in [-0.4, -0.2) is 32.6 Å². The van der Waals surface area contributed by atoms with Crippen molar-refractivity contribution in [3.05, 3.63) is 11.8 Å². The Morgan fingerprint density at radius 2 is 2.11 bits per heavy atom. The van der Waals surface area contributed by atoms with Gasteiger partial charge in [0.25, 0.3) is 0 Å². The lowest BCUT2D eigenvalue weighted by Crippen LogP contribution is -2.27. The van der Waals surface area contributed by atoms with Crippen LogP contribution in [0.2, 0.25) is 0 Å². The number of aryl methyl sites for hydroxylation is 1. The van der Waals surface area contributed by atoms with E-state index in [4.69, 9.17) is 9.84 Å². The van der Waals surface area contributed by atoms with Crippen LogP contribution in [0.4, 0.5) is 10.6 Å². The van der Waals surface area contributed by atoms with Gasteiger partial charge >= 0.3 is 12.1 Å². The summed E-state index contributed by atoms with van der Waals surface area (Å²) in [5, 5.41) is 15.0. The fourth-order valence-electron chi connectivity index (χ4n) is 1.26. The van der Waals surface area contributed by atoms with E-state index in [1.165, 1.54) is 4.68 Å². The van der Waals surface area contributed by atoms with Crippen molar-refractivity contribution in [1.29, 1.82) is 0 Å². The number of anilines is 1. The van der Waals surface area contributed by atoms with Gasteiger partial charge in [0.15, 0.2) is 5.82 Å². The summed E-state index contributed by atoms with van der Waals surface area (Å²) in [6.45, 7) is 6.72. The molecule has 0 aliphatic heterocycles. The zero-order valence-electron chi connectivity index (χ0n) is 10.9. The van der Waals surface area contributed by atoms with Crippen LogP contribution in [0.25, 0.3) is 0 Å². The molecule has 1 amide bonds. The average molecular weight is 255 g/mol. The molecule has 1 heterocycles. The number of aliphatic carboxylic acids is 1. The van der Waals surface area contributed by atoms with Crippen LogP contribution in [-0.2, 0) is 16.1 Å². The van der Waals surface area contributed by atoms with Crippen LogP contribution in [0.5, 0.6) is 0 Å². The first kappa shape index (κ1) is 14.0. The standard InChI is InChI=1S/C11H17N3O4/c1-7-5-14(6-8(15)16)13-9(7)12-10(17)18-11(2,3)4/h5H,6H2,1-4H3,(H,15,16)(H,12,13,17). The molecule has 0 aliphatic carbocycles. The number of hydrogen-bond donors (Lipinski definition) is 2. The van der Waals surface area contributed by atoms with Gasteiger partial charge < -0.3 is 9.84 Å². The number of nitrogens with zero attached hydrogens (tertiary/aromatic N) is 2. The van der Waals surface area contributed by atoms with E-state index in [-0.39, 0.29) is 6.54 Å². The lowest BCUT2D eigenvalue weighted by Gasteiger charge is -2.19. The van der Waals surface area contributed by atoms with Crippen molar-refractivity contribution < 1.29 is 19.4 Å². The minimum absolute atomic E-state index is 0.253. The van der Waals surface area contributed by atoms with Crippen molar-refractivity contribution in [3.63, 3.8) is 0 Å². The van der Waals surface area contributed by atoms with Gasteiger partial charge in [-0.15, -0.1) is 0 Å². The molecule has 7 heteroatoms. The predicted octanol–water partition coefficient (Wildman–Crippen LogP) is 1.62. The molecule has 7 nitrogen and oxygen atoms in total. The molecule has 0 fully saturated rings. The third-order valence-corrected chi connectivity index (χ3v) is 1.86. The Kier molecular flexibility index (Phi) is 3.95. The number of carboxylic acids is 1. The first-order chi connectivity index (χ1) is 8.17. The quantitative estimate of drug-likeness (QED) is 0.856. The normalized spacial score (nSPS) is 11.1. The summed E-state index contributed by atoms with van der Waals surface area (Å²) < 4.78 is 6.31. The third-order valence-electron chi connectivity index (χ3n) is 1.86. The summed E-state index contributed by atoms with van der Waals surface area (Å²) in [5.41, 5.74) is 0.0730. The van der Waals surface area contributed by atoms with Gasteiger partial charge in [-0.1, -0.05) is 0 Å². The molecule has 0 unspecified atom stereocenters. The van der Waals surface area contributed by atoms with E-state index in [1.54, 1.807) is 33.9 Å². The van der Waals surface area contributed by atoms with Crippen molar-refractivity contribution in [2.45, 2.75) is 39.8 Å². The molecule has 0 spiro atoms. The number of rotatable bonds is 3. The SMILES string of the molecule is Cc1cn(CC(=O)O)nc1NC(=O)OC(C)(C)C. The first-order valence-electron chi connectivity index (χ1n) is 5.43. The molecule has 0 saturated heterocycles. The van der Waals surface area contributed by atoms with Crippen LogP contribution in [0.1, 0.15) is 26.3 Å². The van der Waals surface area contributed by atoms with E-state index < -0.39 is 17.7 Å². The summed E-state index contributed by atoms with van der Waals surface area (Å²) in [6, 6.07) is 0. The summed E-state index contributed by atoms with van der Waals surface area (Å²) in [7, 11) is 0. The molecule has 0 radical (unpaired) electrons. The van der Waals surface area contributed by atoms with Gasteiger partial charge in [0.2, 0.25) is 0 Å². The fraction of sp³-hybridized carbons (Fsp3) is 0.545. The van der Waals surface area contributed by atoms with Crippen LogP contribution in [0.15, 0.2) is 6.20 Å². The first-order valence-corrected chi connectivity index (χ1v) is 5.43. The second kappa shape index (κ2) is 5.07. The van der Waals surface area contributed by atoms with E-state index in [0.29, 0.717) is 11.4 Å². The van der Waals surface area contributed by atoms with Crippen LogP contribution >= 0.6 is 0 Å². The Morgan fingerprint density at radius 1 is 1.50 bits per heavy atom. The zero-order valence-corrected chi connectivity index (χ0v) is 10.9. The third kappa shape index (κ3) is 4.44. The molecular formula is C11H17N3O4. The highest BCUT2D eigenvalue weighted by Crippen LogP contribution is 2.14. The molecule has 1 aromatic rings. The maximum atomic E-state index is 11.5.